The van der Waals surface area contributed by atoms with Gasteiger partial charge in [0.1, 0.15) is 49.2 Å². The molecule has 128 valence electrons. The average Bonchev–Trinajstić information content (AvgIpc) is 3.12. The molecular weight excluding hydrogens is 335 g/mol. The number of nitrogens with zero attached hydrogens (tertiary/aromatic N) is 2. The molecule has 4 rings (SSSR count). The second kappa shape index (κ2) is 7.29. The SMILES string of the molecule is Fc1ccc(-c2nc(C[NH+]3CCN(c4cccc[nH+]4)CC3)cs2)cc1. The van der Waals surface area contributed by atoms with Gasteiger partial charge < -0.3 is 4.90 Å². The van der Waals surface area contributed by atoms with Gasteiger partial charge in [0.15, 0.2) is 0 Å². The largest absolute Gasteiger partial charge is 0.323 e. The number of anilines is 1. The lowest BCUT2D eigenvalue weighted by molar-refractivity contribution is -0.914. The summed E-state index contributed by atoms with van der Waals surface area (Å²) in [4.78, 5) is 12.0. The molecule has 0 atom stereocenters. The van der Waals surface area contributed by atoms with Crippen LogP contribution in [0.2, 0.25) is 0 Å². The highest BCUT2D eigenvalue weighted by Gasteiger charge is 2.26. The van der Waals surface area contributed by atoms with E-state index in [1.165, 1.54) is 18.0 Å². The monoisotopic (exact) mass is 356 g/mol. The van der Waals surface area contributed by atoms with Crippen LogP contribution < -0.4 is 14.8 Å². The van der Waals surface area contributed by atoms with Crippen molar-refractivity contribution in [1.29, 1.82) is 0 Å². The first-order valence-corrected chi connectivity index (χ1v) is 9.41. The zero-order valence-corrected chi connectivity index (χ0v) is 14.7. The van der Waals surface area contributed by atoms with Gasteiger partial charge in [0, 0.05) is 17.0 Å². The Labute approximate surface area is 150 Å². The summed E-state index contributed by atoms with van der Waals surface area (Å²) in [6.07, 6.45) is 1.97. The van der Waals surface area contributed by atoms with E-state index in [1.54, 1.807) is 28.4 Å². The highest BCUT2D eigenvalue weighted by molar-refractivity contribution is 7.13. The van der Waals surface area contributed by atoms with Crippen LogP contribution in [0.5, 0.6) is 0 Å². The smallest absolute Gasteiger partial charge is 0.274 e. The number of rotatable bonds is 4. The minimum absolute atomic E-state index is 0.210. The number of quaternary nitrogens is 1. The molecule has 4 nitrogen and oxygen atoms in total. The van der Waals surface area contributed by atoms with Crippen molar-refractivity contribution in [3.8, 4) is 10.6 Å². The molecule has 0 aliphatic carbocycles. The number of hydrogen-bond donors (Lipinski definition) is 1. The predicted octanol–water partition coefficient (Wildman–Crippen LogP) is 1.67. The van der Waals surface area contributed by atoms with E-state index in [1.807, 2.05) is 12.3 Å². The summed E-state index contributed by atoms with van der Waals surface area (Å²) in [5.74, 6) is 0.979. The molecule has 25 heavy (non-hydrogen) atoms. The molecule has 1 saturated heterocycles. The van der Waals surface area contributed by atoms with Gasteiger partial charge >= 0.3 is 0 Å². The fourth-order valence-electron chi connectivity index (χ4n) is 3.19. The van der Waals surface area contributed by atoms with Crippen LogP contribution in [0.4, 0.5) is 10.2 Å². The highest BCUT2D eigenvalue weighted by Crippen LogP contribution is 2.23. The lowest BCUT2D eigenvalue weighted by atomic mass is 10.2. The molecule has 3 heterocycles. The topological polar surface area (TPSA) is 34.7 Å². The third-order valence-corrected chi connectivity index (χ3v) is 5.52. The number of aromatic amines is 1. The van der Waals surface area contributed by atoms with Crippen LogP contribution in [0.3, 0.4) is 0 Å². The molecule has 0 saturated carbocycles. The molecule has 3 aromatic rings. The van der Waals surface area contributed by atoms with Crippen molar-refractivity contribution in [3.63, 3.8) is 0 Å². The van der Waals surface area contributed by atoms with Crippen molar-refractivity contribution < 1.29 is 14.3 Å². The molecule has 2 N–H and O–H groups in total. The second-order valence-electron chi connectivity index (χ2n) is 6.31. The summed E-state index contributed by atoms with van der Waals surface area (Å²) in [6, 6.07) is 12.8. The first kappa shape index (κ1) is 16.2. The standard InChI is InChI=1S/C19H19FN4S/c20-16-6-4-15(5-7-16)19-22-17(14-25-19)13-23-9-11-24(12-10-23)18-3-1-2-8-21-18/h1-8,14H,9-13H2/p+2. The number of hydrogen-bond acceptors (Lipinski definition) is 3. The van der Waals surface area contributed by atoms with Gasteiger partial charge in [0.2, 0.25) is 0 Å². The summed E-state index contributed by atoms with van der Waals surface area (Å²) in [5, 5.41) is 3.09. The number of nitrogens with one attached hydrogen (secondary N) is 2. The van der Waals surface area contributed by atoms with Crippen LogP contribution in [-0.2, 0) is 6.54 Å². The number of halogens is 1. The van der Waals surface area contributed by atoms with Gasteiger partial charge in [-0.3, -0.25) is 4.90 Å². The molecule has 0 unspecified atom stereocenters. The molecule has 2 aromatic heterocycles. The van der Waals surface area contributed by atoms with E-state index < -0.39 is 0 Å². The summed E-state index contributed by atoms with van der Waals surface area (Å²) >= 11 is 1.63. The summed E-state index contributed by atoms with van der Waals surface area (Å²) in [5.41, 5.74) is 2.11. The van der Waals surface area contributed by atoms with Crippen molar-refractivity contribution in [2.45, 2.75) is 6.54 Å². The quantitative estimate of drug-likeness (QED) is 0.772. The van der Waals surface area contributed by atoms with Gasteiger partial charge in [-0.1, -0.05) is 6.07 Å². The normalized spacial score (nSPS) is 15.5. The molecule has 1 aliphatic heterocycles. The lowest BCUT2D eigenvalue weighted by Crippen LogP contribution is -3.13. The number of thiazole rings is 1. The predicted molar refractivity (Wildman–Crippen MR) is 97.1 cm³/mol. The Morgan fingerprint density at radius 1 is 1.12 bits per heavy atom. The minimum Gasteiger partial charge on any atom is -0.323 e. The molecule has 6 heteroatoms. The second-order valence-corrected chi connectivity index (χ2v) is 7.17. The third-order valence-electron chi connectivity index (χ3n) is 4.58. The molecule has 0 spiro atoms. The number of piperazine rings is 1. The van der Waals surface area contributed by atoms with Gasteiger partial charge in [-0.05, 0) is 30.3 Å². The molecule has 1 fully saturated rings. The van der Waals surface area contributed by atoms with Gasteiger partial charge in [-0.25, -0.2) is 14.4 Å². The molecule has 1 aliphatic rings. The lowest BCUT2D eigenvalue weighted by Gasteiger charge is -2.27. The molecule has 0 radical (unpaired) electrons. The molecule has 1 aromatic carbocycles. The van der Waals surface area contributed by atoms with Crippen LogP contribution in [0.25, 0.3) is 10.6 Å². The van der Waals surface area contributed by atoms with E-state index in [4.69, 9.17) is 4.98 Å². The maximum atomic E-state index is 13.0. The van der Waals surface area contributed by atoms with E-state index in [9.17, 15) is 4.39 Å². The zero-order valence-electron chi connectivity index (χ0n) is 13.9. The van der Waals surface area contributed by atoms with Crippen molar-refractivity contribution >= 4 is 17.2 Å². The van der Waals surface area contributed by atoms with Crippen LogP contribution in [0, 0.1) is 5.82 Å². The van der Waals surface area contributed by atoms with Gasteiger partial charge in [-0.15, -0.1) is 11.3 Å². The van der Waals surface area contributed by atoms with Crippen LogP contribution in [-0.4, -0.2) is 31.2 Å². The van der Waals surface area contributed by atoms with E-state index >= 15 is 0 Å². The Hall–Kier alpha value is -2.31. The first-order chi connectivity index (χ1) is 12.3. The molecular formula is C19H21FN4S+2. The van der Waals surface area contributed by atoms with Crippen molar-refractivity contribution in [2.24, 2.45) is 0 Å². The van der Waals surface area contributed by atoms with Crippen molar-refractivity contribution in [3.05, 3.63) is 65.6 Å². The van der Waals surface area contributed by atoms with Gasteiger partial charge in [0.25, 0.3) is 5.82 Å². The Morgan fingerprint density at radius 2 is 1.92 bits per heavy atom. The van der Waals surface area contributed by atoms with Crippen LogP contribution >= 0.6 is 11.3 Å². The Kier molecular flexibility index (Phi) is 4.72. The third kappa shape index (κ3) is 3.86. The first-order valence-electron chi connectivity index (χ1n) is 8.53. The number of aromatic nitrogens is 2. The number of H-pyrrole nitrogens is 1. The molecule has 0 amide bonds. The fraction of sp³-hybridized carbons (Fsp3) is 0.263. The van der Waals surface area contributed by atoms with E-state index in [-0.39, 0.29) is 5.82 Å². The molecule has 0 bridgehead atoms. The summed E-state index contributed by atoms with van der Waals surface area (Å²) in [7, 11) is 0. The fourth-order valence-corrected chi connectivity index (χ4v) is 4.02. The van der Waals surface area contributed by atoms with E-state index in [0.717, 1.165) is 49.0 Å². The Morgan fingerprint density at radius 3 is 2.64 bits per heavy atom. The van der Waals surface area contributed by atoms with E-state index in [2.05, 4.69) is 27.4 Å². The van der Waals surface area contributed by atoms with Crippen molar-refractivity contribution in [2.75, 3.05) is 31.1 Å². The average molecular weight is 356 g/mol. The summed E-state index contributed by atoms with van der Waals surface area (Å²) in [6.45, 7) is 5.25. The highest BCUT2D eigenvalue weighted by atomic mass is 32.1. The van der Waals surface area contributed by atoms with Crippen LogP contribution in [0.15, 0.2) is 54.0 Å². The van der Waals surface area contributed by atoms with E-state index in [0.29, 0.717) is 0 Å². The Balaban J connectivity index is 1.35. The minimum atomic E-state index is -0.210. The maximum Gasteiger partial charge on any atom is 0.274 e. The zero-order chi connectivity index (χ0) is 17.1. The van der Waals surface area contributed by atoms with Crippen molar-refractivity contribution in [1.82, 2.24) is 4.98 Å². The van der Waals surface area contributed by atoms with Gasteiger partial charge in [0.05, 0.1) is 6.20 Å². The number of pyridine rings is 1. The summed E-state index contributed by atoms with van der Waals surface area (Å²) < 4.78 is 13.0. The maximum absolute atomic E-state index is 13.0. The van der Waals surface area contributed by atoms with Crippen LogP contribution in [0.1, 0.15) is 5.69 Å². The number of benzene rings is 1. The van der Waals surface area contributed by atoms with Gasteiger partial charge in [-0.2, -0.15) is 0 Å². The Bertz CT molecular complexity index is 811.